The van der Waals surface area contributed by atoms with Gasteiger partial charge in [-0.3, -0.25) is 20.0 Å². The van der Waals surface area contributed by atoms with Crippen LogP contribution in [0.1, 0.15) is 15.9 Å². The van der Waals surface area contributed by atoms with Gasteiger partial charge in [0.1, 0.15) is 17.5 Å². The maximum absolute atomic E-state index is 12.0. The van der Waals surface area contributed by atoms with Gasteiger partial charge in [0.05, 0.1) is 18.2 Å². The van der Waals surface area contributed by atoms with E-state index < -0.39 is 10.8 Å². The molecule has 0 unspecified atom stereocenters. The van der Waals surface area contributed by atoms with E-state index in [4.69, 9.17) is 10.00 Å². The smallest absolute Gasteiger partial charge is 0.310 e. The molecule has 1 heterocycles. The fourth-order valence-electron chi connectivity index (χ4n) is 1.62. The molecule has 0 aliphatic heterocycles. The number of hydrogen-bond acceptors (Lipinski definition) is 6. The van der Waals surface area contributed by atoms with E-state index in [1.807, 2.05) is 6.07 Å². The molecule has 1 aromatic heterocycles. The number of aromatic amines is 1. The van der Waals surface area contributed by atoms with Crippen molar-refractivity contribution in [3.63, 3.8) is 0 Å². The van der Waals surface area contributed by atoms with Crippen molar-refractivity contribution in [3.05, 3.63) is 45.6 Å². The van der Waals surface area contributed by atoms with Crippen LogP contribution in [0.4, 0.5) is 11.5 Å². The van der Waals surface area contributed by atoms with Gasteiger partial charge in [0, 0.05) is 17.7 Å². The number of carbonyl (C=O) groups excluding carboxylic acids is 1. The highest BCUT2D eigenvalue weighted by molar-refractivity contribution is 6.04. The summed E-state index contributed by atoms with van der Waals surface area (Å²) in [7, 11) is 1.27. The molecule has 1 amide bonds. The van der Waals surface area contributed by atoms with E-state index in [2.05, 4.69) is 15.5 Å². The molecule has 0 atom stereocenters. The number of nitro benzene ring substituents is 1. The molecule has 9 nitrogen and oxygen atoms in total. The number of aromatic nitrogens is 2. The molecule has 21 heavy (non-hydrogen) atoms. The number of amides is 1. The highest BCUT2D eigenvalue weighted by Gasteiger charge is 2.18. The van der Waals surface area contributed by atoms with E-state index in [-0.39, 0.29) is 28.4 Å². The molecule has 2 N–H and O–H groups in total. The van der Waals surface area contributed by atoms with Gasteiger partial charge in [-0.1, -0.05) is 0 Å². The largest absolute Gasteiger partial charge is 0.490 e. The van der Waals surface area contributed by atoms with Crippen LogP contribution in [-0.2, 0) is 0 Å². The molecule has 9 heteroatoms. The Balaban J connectivity index is 2.28. The summed E-state index contributed by atoms with van der Waals surface area (Å²) in [6.07, 6.45) is 1.27. The zero-order chi connectivity index (χ0) is 15.4. The number of ether oxygens (including phenoxy) is 1. The number of hydrogen-bond donors (Lipinski definition) is 2. The minimum Gasteiger partial charge on any atom is -0.490 e. The van der Waals surface area contributed by atoms with Gasteiger partial charge in [0.15, 0.2) is 5.75 Å². The second kappa shape index (κ2) is 5.70. The number of carbonyl (C=O) groups is 1. The van der Waals surface area contributed by atoms with E-state index >= 15 is 0 Å². The minimum atomic E-state index is -0.608. The lowest BCUT2D eigenvalue weighted by atomic mass is 10.1. The van der Waals surface area contributed by atoms with Crippen LogP contribution in [0, 0.1) is 21.4 Å². The van der Waals surface area contributed by atoms with Crippen molar-refractivity contribution >= 4 is 17.4 Å². The summed E-state index contributed by atoms with van der Waals surface area (Å²) in [4.78, 5) is 22.2. The standard InChI is InChI=1S/C12H9N5O4/c1-21-10-4-7(2-3-9(10)17(19)20)12(18)15-11-8(5-13)6-14-16-11/h2-4,6H,1H3,(H2,14,15,16,18). The highest BCUT2D eigenvalue weighted by Crippen LogP contribution is 2.27. The van der Waals surface area contributed by atoms with Gasteiger partial charge in [-0.15, -0.1) is 0 Å². The predicted octanol–water partition coefficient (Wildman–Crippen LogP) is 1.45. The number of methoxy groups -OCH3 is 1. The van der Waals surface area contributed by atoms with Crippen LogP contribution in [-0.4, -0.2) is 28.1 Å². The molecule has 0 saturated heterocycles. The van der Waals surface area contributed by atoms with Crippen molar-refractivity contribution in [2.45, 2.75) is 0 Å². The Kier molecular flexibility index (Phi) is 3.80. The zero-order valence-electron chi connectivity index (χ0n) is 10.8. The second-order valence-corrected chi connectivity index (χ2v) is 3.87. The van der Waals surface area contributed by atoms with Crippen molar-refractivity contribution in [1.29, 1.82) is 5.26 Å². The van der Waals surface area contributed by atoms with Gasteiger partial charge in [-0.05, 0) is 6.07 Å². The number of nitrogens with one attached hydrogen (secondary N) is 2. The first-order valence-electron chi connectivity index (χ1n) is 5.64. The average molecular weight is 287 g/mol. The molecular weight excluding hydrogens is 278 g/mol. The Morgan fingerprint density at radius 1 is 1.57 bits per heavy atom. The molecule has 0 radical (unpaired) electrons. The predicted molar refractivity (Wildman–Crippen MR) is 70.9 cm³/mol. The Morgan fingerprint density at radius 3 is 2.95 bits per heavy atom. The van der Waals surface area contributed by atoms with Crippen molar-refractivity contribution in [2.75, 3.05) is 12.4 Å². The molecule has 2 aromatic rings. The van der Waals surface area contributed by atoms with Crippen LogP contribution in [0.5, 0.6) is 5.75 Å². The van der Waals surface area contributed by atoms with E-state index in [0.717, 1.165) is 0 Å². The van der Waals surface area contributed by atoms with Crippen LogP contribution in [0.15, 0.2) is 24.4 Å². The average Bonchev–Trinajstić information content (AvgIpc) is 2.93. The Morgan fingerprint density at radius 2 is 2.33 bits per heavy atom. The quantitative estimate of drug-likeness (QED) is 0.645. The fraction of sp³-hybridized carbons (Fsp3) is 0.0833. The summed E-state index contributed by atoms with van der Waals surface area (Å²) in [6, 6.07) is 5.57. The van der Waals surface area contributed by atoms with Gasteiger partial charge in [-0.25, -0.2) is 0 Å². The summed E-state index contributed by atoms with van der Waals surface area (Å²) in [5.74, 6) is -0.429. The molecule has 0 spiro atoms. The van der Waals surface area contributed by atoms with Gasteiger partial charge in [-0.2, -0.15) is 10.4 Å². The molecule has 0 saturated carbocycles. The lowest BCUT2D eigenvalue weighted by Gasteiger charge is -2.06. The van der Waals surface area contributed by atoms with E-state index in [1.54, 1.807) is 0 Å². The Bertz CT molecular complexity index is 746. The Labute approximate surface area is 118 Å². The number of nitrogens with zero attached hydrogens (tertiary/aromatic N) is 3. The number of anilines is 1. The molecule has 0 aliphatic rings. The molecule has 0 bridgehead atoms. The van der Waals surface area contributed by atoms with E-state index in [0.29, 0.717) is 0 Å². The molecule has 106 valence electrons. The topological polar surface area (TPSA) is 134 Å². The van der Waals surface area contributed by atoms with Crippen LogP contribution >= 0.6 is 0 Å². The minimum absolute atomic E-state index is 0.0298. The van der Waals surface area contributed by atoms with Crippen LogP contribution in [0.25, 0.3) is 0 Å². The SMILES string of the molecule is COc1cc(C(=O)Nc2[nH]ncc2C#N)ccc1[N+](=O)[O-]. The fourth-order valence-corrected chi connectivity index (χ4v) is 1.62. The molecule has 2 rings (SSSR count). The summed E-state index contributed by atoms with van der Waals surface area (Å²) in [6.45, 7) is 0. The Hall–Kier alpha value is -3.41. The molecule has 0 fully saturated rings. The maximum Gasteiger partial charge on any atom is 0.310 e. The normalized spacial score (nSPS) is 9.71. The van der Waals surface area contributed by atoms with Gasteiger partial charge in [0.2, 0.25) is 0 Å². The third-order valence-corrected chi connectivity index (χ3v) is 2.64. The summed E-state index contributed by atoms with van der Waals surface area (Å²) >= 11 is 0. The number of H-pyrrole nitrogens is 1. The summed E-state index contributed by atoms with van der Waals surface area (Å²) < 4.78 is 4.88. The van der Waals surface area contributed by atoms with Crippen molar-refractivity contribution in [2.24, 2.45) is 0 Å². The van der Waals surface area contributed by atoms with Crippen molar-refractivity contribution in [1.82, 2.24) is 10.2 Å². The first kappa shape index (κ1) is 14.0. The van der Waals surface area contributed by atoms with Crippen LogP contribution in [0.2, 0.25) is 0 Å². The number of rotatable bonds is 4. The highest BCUT2D eigenvalue weighted by atomic mass is 16.6. The van der Waals surface area contributed by atoms with E-state index in [9.17, 15) is 14.9 Å². The first-order chi connectivity index (χ1) is 10.1. The van der Waals surface area contributed by atoms with Gasteiger partial charge in [0.25, 0.3) is 5.91 Å². The monoisotopic (exact) mass is 287 g/mol. The van der Waals surface area contributed by atoms with Crippen molar-refractivity contribution in [3.8, 4) is 11.8 Å². The third-order valence-electron chi connectivity index (χ3n) is 2.64. The third kappa shape index (κ3) is 2.79. The number of nitro groups is 1. The van der Waals surface area contributed by atoms with Crippen molar-refractivity contribution < 1.29 is 14.5 Å². The summed E-state index contributed by atoms with van der Waals surface area (Å²) in [5, 5.41) is 28.2. The number of nitriles is 1. The second-order valence-electron chi connectivity index (χ2n) is 3.87. The molecule has 0 aliphatic carbocycles. The molecular formula is C12H9N5O4. The van der Waals surface area contributed by atoms with Gasteiger partial charge >= 0.3 is 5.69 Å². The van der Waals surface area contributed by atoms with Crippen LogP contribution in [0.3, 0.4) is 0 Å². The van der Waals surface area contributed by atoms with Crippen LogP contribution < -0.4 is 10.1 Å². The van der Waals surface area contributed by atoms with E-state index in [1.165, 1.54) is 31.5 Å². The number of benzene rings is 1. The lowest BCUT2D eigenvalue weighted by Crippen LogP contribution is -2.13. The zero-order valence-corrected chi connectivity index (χ0v) is 10.8. The maximum atomic E-state index is 12.0. The first-order valence-corrected chi connectivity index (χ1v) is 5.64. The molecule has 1 aromatic carbocycles. The summed E-state index contributed by atoms with van der Waals surface area (Å²) in [5.41, 5.74) is 0.0847. The van der Waals surface area contributed by atoms with Gasteiger partial charge < -0.3 is 10.1 Å². The lowest BCUT2D eigenvalue weighted by molar-refractivity contribution is -0.385.